The molecule has 0 saturated heterocycles. The van der Waals surface area contributed by atoms with Crippen molar-refractivity contribution in [1.82, 2.24) is 4.98 Å². The first-order chi connectivity index (χ1) is 8.09. The first-order valence-electron chi connectivity index (χ1n) is 5.01. The number of carbonyl (C=O) groups excluding carboxylic acids is 1. The van der Waals surface area contributed by atoms with E-state index in [1.54, 1.807) is 43.5 Å². The molecule has 2 aromatic rings. The Morgan fingerprint density at radius 3 is 2.65 bits per heavy atom. The van der Waals surface area contributed by atoms with E-state index >= 15 is 0 Å². The van der Waals surface area contributed by atoms with E-state index in [1.165, 1.54) is 0 Å². The normalized spacial score (nSPS) is 10.3. The molecule has 1 aromatic carbocycles. The van der Waals surface area contributed by atoms with E-state index in [-0.39, 0.29) is 5.78 Å². The van der Waals surface area contributed by atoms with Gasteiger partial charge in [0.05, 0.1) is 5.02 Å². The predicted octanol–water partition coefficient (Wildman–Crippen LogP) is 3.93. The summed E-state index contributed by atoms with van der Waals surface area (Å²) in [5.41, 5.74) is 1.61. The number of ketones is 1. The third-order valence-electron chi connectivity index (χ3n) is 2.42. The van der Waals surface area contributed by atoms with Crippen LogP contribution in [0.15, 0.2) is 36.5 Å². The smallest absolute Gasteiger partial charge is 0.196 e. The molecule has 0 radical (unpaired) electrons. The molecule has 0 fully saturated rings. The summed E-state index contributed by atoms with van der Waals surface area (Å²) in [6.07, 6.45) is 1.64. The first kappa shape index (κ1) is 12.1. The summed E-state index contributed by atoms with van der Waals surface area (Å²) in [6, 6.07) is 8.28. The number of nitrogens with zero attached hydrogens (tertiary/aromatic N) is 1. The van der Waals surface area contributed by atoms with Crippen LogP contribution in [0.4, 0.5) is 0 Å². The van der Waals surface area contributed by atoms with Crippen molar-refractivity contribution in [2.45, 2.75) is 6.92 Å². The van der Waals surface area contributed by atoms with Gasteiger partial charge in [-0.05, 0) is 37.3 Å². The Hall–Kier alpha value is -1.38. The summed E-state index contributed by atoms with van der Waals surface area (Å²) in [6.45, 7) is 1.78. The Bertz CT molecular complexity index is 581. The number of hydrogen-bond acceptors (Lipinski definition) is 2. The zero-order valence-electron chi connectivity index (χ0n) is 9.08. The van der Waals surface area contributed by atoms with Gasteiger partial charge in [-0.25, -0.2) is 0 Å². The second kappa shape index (κ2) is 4.86. The number of halogens is 2. The Kier molecular flexibility index (Phi) is 3.46. The van der Waals surface area contributed by atoms with E-state index in [4.69, 9.17) is 23.2 Å². The summed E-state index contributed by atoms with van der Waals surface area (Å²) in [4.78, 5) is 16.3. The van der Waals surface area contributed by atoms with Crippen LogP contribution < -0.4 is 0 Å². The highest BCUT2D eigenvalue weighted by atomic mass is 35.5. The van der Waals surface area contributed by atoms with Gasteiger partial charge in [0.2, 0.25) is 0 Å². The largest absolute Gasteiger partial charge is 0.288 e. The SMILES string of the molecule is Cc1ncccc1C(=O)c1cc(Cl)ccc1Cl. The van der Waals surface area contributed by atoms with Crippen LogP contribution in [0.3, 0.4) is 0 Å². The van der Waals surface area contributed by atoms with Crippen molar-refractivity contribution in [3.63, 3.8) is 0 Å². The second-order valence-corrected chi connectivity index (χ2v) is 4.43. The van der Waals surface area contributed by atoms with Crippen LogP contribution in [0, 0.1) is 6.92 Å². The minimum atomic E-state index is -0.164. The van der Waals surface area contributed by atoms with Gasteiger partial charge < -0.3 is 0 Å². The monoisotopic (exact) mass is 265 g/mol. The summed E-state index contributed by atoms with van der Waals surface area (Å²) >= 11 is 11.9. The molecule has 0 atom stereocenters. The molecule has 86 valence electrons. The molecule has 2 nitrogen and oxygen atoms in total. The lowest BCUT2D eigenvalue weighted by molar-refractivity contribution is 0.103. The van der Waals surface area contributed by atoms with Gasteiger partial charge in [-0.15, -0.1) is 0 Å². The third kappa shape index (κ3) is 2.48. The predicted molar refractivity (Wildman–Crippen MR) is 68.9 cm³/mol. The number of aromatic nitrogens is 1. The Morgan fingerprint density at radius 1 is 1.18 bits per heavy atom. The molecule has 1 aromatic heterocycles. The molecule has 4 heteroatoms. The number of aryl methyl sites for hydroxylation is 1. The maximum absolute atomic E-state index is 12.3. The van der Waals surface area contributed by atoms with Crippen molar-refractivity contribution < 1.29 is 4.79 Å². The van der Waals surface area contributed by atoms with Crippen LogP contribution in [-0.2, 0) is 0 Å². The van der Waals surface area contributed by atoms with Gasteiger partial charge in [-0.2, -0.15) is 0 Å². The summed E-state index contributed by atoms with van der Waals surface area (Å²) in [5.74, 6) is -0.164. The van der Waals surface area contributed by atoms with Gasteiger partial charge in [0, 0.05) is 28.0 Å². The molecular formula is C13H9Cl2NO. The molecule has 1 heterocycles. The fourth-order valence-corrected chi connectivity index (χ4v) is 1.92. The van der Waals surface area contributed by atoms with E-state index in [2.05, 4.69) is 4.98 Å². The van der Waals surface area contributed by atoms with Crippen molar-refractivity contribution in [2.24, 2.45) is 0 Å². The zero-order chi connectivity index (χ0) is 12.4. The molecule has 2 rings (SSSR count). The number of benzene rings is 1. The third-order valence-corrected chi connectivity index (χ3v) is 2.99. The molecule has 0 saturated carbocycles. The summed E-state index contributed by atoms with van der Waals surface area (Å²) < 4.78 is 0. The molecule has 0 aliphatic heterocycles. The van der Waals surface area contributed by atoms with Crippen LogP contribution in [0.5, 0.6) is 0 Å². The van der Waals surface area contributed by atoms with Gasteiger partial charge >= 0.3 is 0 Å². The standard InChI is InChI=1S/C13H9Cl2NO/c1-8-10(3-2-6-16-8)13(17)11-7-9(14)4-5-12(11)15/h2-7H,1H3. The van der Waals surface area contributed by atoms with E-state index < -0.39 is 0 Å². The summed E-state index contributed by atoms with van der Waals surface area (Å²) in [5, 5.41) is 0.877. The number of hydrogen-bond donors (Lipinski definition) is 0. The molecule has 0 amide bonds. The maximum Gasteiger partial charge on any atom is 0.196 e. The number of rotatable bonds is 2. The van der Waals surface area contributed by atoms with Crippen molar-refractivity contribution in [3.8, 4) is 0 Å². The van der Waals surface area contributed by atoms with Gasteiger partial charge in [0.15, 0.2) is 5.78 Å². The van der Waals surface area contributed by atoms with Crippen molar-refractivity contribution in [3.05, 3.63) is 63.4 Å². The van der Waals surface area contributed by atoms with Crippen molar-refractivity contribution in [1.29, 1.82) is 0 Å². The van der Waals surface area contributed by atoms with E-state index in [1.807, 2.05) is 0 Å². The highest BCUT2D eigenvalue weighted by Crippen LogP contribution is 2.23. The lowest BCUT2D eigenvalue weighted by Crippen LogP contribution is -2.05. The molecule has 0 N–H and O–H groups in total. The van der Waals surface area contributed by atoms with E-state index in [0.717, 1.165) is 0 Å². The van der Waals surface area contributed by atoms with Gasteiger partial charge in [0.25, 0.3) is 0 Å². The van der Waals surface area contributed by atoms with Crippen LogP contribution in [0.1, 0.15) is 21.6 Å². The average molecular weight is 266 g/mol. The minimum Gasteiger partial charge on any atom is -0.288 e. The Balaban J connectivity index is 2.51. The molecule has 0 aliphatic rings. The molecule has 0 spiro atoms. The molecule has 0 unspecified atom stereocenters. The lowest BCUT2D eigenvalue weighted by Gasteiger charge is -2.06. The Labute approximate surface area is 109 Å². The van der Waals surface area contributed by atoms with E-state index in [0.29, 0.717) is 26.9 Å². The number of carbonyl (C=O) groups is 1. The van der Waals surface area contributed by atoms with Crippen molar-refractivity contribution >= 4 is 29.0 Å². The highest BCUT2D eigenvalue weighted by molar-refractivity contribution is 6.36. The Morgan fingerprint density at radius 2 is 1.94 bits per heavy atom. The molecule has 0 aliphatic carbocycles. The lowest BCUT2D eigenvalue weighted by atomic mass is 10.0. The zero-order valence-corrected chi connectivity index (χ0v) is 10.6. The van der Waals surface area contributed by atoms with Crippen LogP contribution in [0.2, 0.25) is 10.0 Å². The number of pyridine rings is 1. The van der Waals surface area contributed by atoms with Crippen LogP contribution >= 0.6 is 23.2 Å². The second-order valence-electron chi connectivity index (χ2n) is 3.59. The average Bonchev–Trinajstić information content (AvgIpc) is 2.32. The molecular weight excluding hydrogens is 257 g/mol. The fraction of sp³-hybridized carbons (Fsp3) is 0.0769. The first-order valence-corrected chi connectivity index (χ1v) is 5.76. The van der Waals surface area contributed by atoms with Gasteiger partial charge in [0.1, 0.15) is 0 Å². The summed E-state index contributed by atoms with van der Waals surface area (Å²) in [7, 11) is 0. The molecule has 0 bridgehead atoms. The maximum atomic E-state index is 12.3. The molecule has 17 heavy (non-hydrogen) atoms. The fourth-order valence-electron chi connectivity index (χ4n) is 1.54. The minimum absolute atomic E-state index is 0.164. The van der Waals surface area contributed by atoms with Gasteiger partial charge in [-0.1, -0.05) is 23.2 Å². The quantitative estimate of drug-likeness (QED) is 0.771. The topological polar surface area (TPSA) is 30.0 Å². The highest BCUT2D eigenvalue weighted by Gasteiger charge is 2.15. The van der Waals surface area contributed by atoms with E-state index in [9.17, 15) is 4.79 Å². The van der Waals surface area contributed by atoms with Crippen LogP contribution in [-0.4, -0.2) is 10.8 Å². The van der Waals surface area contributed by atoms with Gasteiger partial charge in [-0.3, -0.25) is 9.78 Å². The van der Waals surface area contributed by atoms with Crippen LogP contribution in [0.25, 0.3) is 0 Å². The van der Waals surface area contributed by atoms with Crippen molar-refractivity contribution in [2.75, 3.05) is 0 Å².